The molecule has 21 heavy (non-hydrogen) atoms. The standard InChI is InChI=1S/C15H12Cl3NOS/c1-9(21-12-5-2-10(16)3-6-12)15(20)19-14-7-4-11(17)8-13(14)18/h2-9H,1H3,(H,19,20)/t9-/m1/s1. The van der Waals surface area contributed by atoms with E-state index in [-0.39, 0.29) is 11.2 Å². The first-order valence-electron chi connectivity index (χ1n) is 6.14. The third-order valence-corrected chi connectivity index (χ3v) is 4.60. The summed E-state index contributed by atoms with van der Waals surface area (Å²) in [4.78, 5) is 13.1. The van der Waals surface area contributed by atoms with Gasteiger partial charge in [-0.2, -0.15) is 0 Å². The monoisotopic (exact) mass is 359 g/mol. The molecule has 0 aliphatic heterocycles. The molecule has 0 saturated carbocycles. The lowest BCUT2D eigenvalue weighted by Gasteiger charge is -2.13. The summed E-state index contributed by atoms with van der Waals surface area (Å²) in [6.07, 6.45) is 0. The van der Waals surface area contributed by atoms with Gasteiger partial charge in [0.25, 0.3) is 0 Å². The third-order valence-electron chi connectivity index (χ3n) is 2.68. The van der Waals surface area contributed by atoms with E-state index in [9.17, 15) is 4.79 Å². The summed E-state index contributed by atoms with van der Waals surface area (Å²) in [5.41, 5.74) is 0.551. The summed E-state index contributed by atoms with van der Waals surface area (Å²) >= 11 is 19.1. The number of nitrogens with one attached hydrogen (secondary N) is 1. The zero-order valence-corrected chi connectivity index (χ0v) is 14.2. The SMILES string of the molecule is C[C@@H](Sc1ccc(Cl)cc1)C(=O)Nc1ccc(Cl)cc1Cl. The number of hydrogen-bond donors (Lipinski definition) is 1. The fourth-order valence-corrected chi connectivity index (χ4v) is 3.05. The molecule has 2 rings (SSSR count). The molecule has 1 amide bonds. The van der Waals surface area contributed by atoms with Crippen molar-refractivity contribution in [2.24, 2.45) is 0 Å². The third kappa shape index (κ3) is 4.82. The van der Waals surface area contributed by atoms with Crippen LogP contribution < -0.4 is 5.32 Å². The molecule has 0 bridgehead atoms. The Kier molecular flexibility index (Phi) is 5.82. The number of carbonyl (C=O) groups is 1. The first-order valence-corrected chi connectivity index (χ1v) is 8.15. The average molecular weight is 361 g/mol. The highest BCUT2D eigenvalue weighted by atomic mass is 35.5. The quantitative estimate of drug-likeness (QED) is 0.702. The molecule has 2 nitrogen and oxygen atoms in total. The van der Waals surface area contributed by atoms with Gasteiger partial charge in [0.2, 0.25) is 5.91 Å². The molecular weight excluding hydrogens is 349 g/mol. The fraction of sp³-hybridized carbons (Fsp3) is 0.133. The van der Waals surface area contributed by atoms with E-state index in [1.807, 2.05) is 19.1 Å². The van der Waals surface area contributed by atoms with Crippen LogP contribution in [0.4, 0.5) is 5.69 Å². The van der Waals surface area contributed by atoms with Crippen molar-refractivity contribution in [2.75, 3.05) is 5.32 Å². The van der Waals surface area contributed by atoms with Crippen LogP contribution in [0.25, 0.3) is 0 Å². The molecule has 0 aliphatic carbocycles. The Balaban J connectivity index is 2.00. The smallest absolute Gasteiger partial charge is 0.237 e. The number of carbonyl (C=O) groups excluding carboxylic acids is 1. The van der Waals surface area contributed by atoms with Crippen molar-refractivity contribution in [3.8, 4) is 0 Å². The van der Waals surface area contributed by atoms with Crippen LogP contribution in [-0.2, 0) is 4.79 Å². The molecular formula is C15H12Cl3NOS. The Labute approximate surface area is 142 Å². The minimum absolute atomic E-state index is 0.126. The molecule has 0 aliphatic rings. The number of thioether (sulfide) groups is 1. The molecule has 2 aromatic carbocycles. The Bertz CT molecular complexity index is 646. The van der Waals surface area contributed by atoms with Crippen LogP contribution in [0.15, 0.2) is 47.4 Å². The van der Waals surface area contributed by atoms with E-state index >= 15 is 0 Å². The fourth-order valence-electron chi connectivity index (χ4n) is 1.60. The van der Waals surface area contributed by atoms with Crippen LogP contribution in [0.5, 0.6) is 0 Å². The van der Waals surface area contributed by atoms with E-state index in [0.29, 0.717) is 20.8 Å². The molecule has 6 heteroatoms. The van der Waals surface area contributed by atoms with Crippen molar-refractivity contribution < 1.29 is 4.79 Å². The van der Waals surface area contributed by atoms with E-state index in [2.05, 4.69) is 5.32 Å². The van der Waals surface area contributed by atoms with Crippen LogP contribution >= 0.6 is 46.6 Å². The molecule has 0 fully saturated rings. The number of amides is 1. The zero-order valence-electron chi connectivity index (χ0n) is 11.1. The first kappa shape index (κ1) is 16.5. The molecule has 1 N–H and O–H groups in total. The summed E-state index contributed by atoms with van der Waals surface area (Å²) in [5, 5.41) is 4.14. The first-order chi connectivity index (χ1) is 9.95. The molecule has 2 aromatic rings. The van der Waals surface area contributed by atoms with Gasteiger partial charge in [0.05, 0.1) is 16.0 Å². The van der Waals surface area contributed by atoms with E-state index in [1.165, 1.54) is 11.8 Å². The van der Waals surface area contributed by atoms with E-state index < -0.39 is 0 Å². The highest BCUT2D eigenvalue weighted by Crippen LogP contribution is 2.28. The minimum atomic E-state index is -0.266. The van der Waals surface area contributed by atoms with Gasteiger partial charge in [-0.15, -0.1) is 11.8 Å². The van der Waals surface area contributed by atoms with Gasteiger partial charge in [-0.25, -0.2) is 0 Å². The van der Waals surface area contributed by atoms with E-state index in [4.69, 9.17) is 34.8 Å². The van der Waals surface area contributed by atoms with Gasteiger partial charge in [-0.1, -0.05) is 34.8 Å². The van der Waals surface area contributed by atoms with Crippen LogP contribution in [0.3, 0.4) is 0 Å². The van der Waals surface area contributed by atoms with Gasteiger partial charge >= 0.3 is 0 Å². The normalized spacial score (nSPS) is 12.0. The van der Waals surface area contributed by atoms with Crippen molar-refractivity contribution in [1.82, 2.24) is 0 Å². The maximum absolute atomic E-state index is 12.2. The number of halogens is 3. The van der Waals surface area contributed by atoms with E-state index in [0.717, 1.165) is 4.90 Å². The average Bonchev–Trinajstić information content (AvgIpc) is 2.44. The van der Waals surface area contributed by atoms with Crippen LogP contribution in [0.1, 0.15) is 6.92 Å². The second-order valence-electron chi connectivity index (χ2n) is 4.33. The van der Waals surface area contributed by atoms with E-state index in [1.54, 1.807) is 30.3 Å². The summed E-state index contributed by atoms with van der Waals surface area (Å²) < 4.78 is 0. The molecule has 0 aromatic heterocycles. The van der Waals surface area contributed by atoms with Crippen molar-refractivity contribution in [2.45, 2.75) is 17.1 Å². The van der Waals surface area contributed by atoms with Crippen molar-refractivity contribution >= 4 is 58.2 Å². The van der Waals surface area contributed by atoms with Crippen molar-refractivity contribution in [3.63, 3.8) is 0 Å². The topological polar surface area (TPSA) is 29.1 Å². The zero-order chi connectivity index (χ0) is 15.4. The number of hydrogen-bond acceptors (Lipinski definition) is 2. The molecule has 1 atom stereocenters. The Morgan fingerprint density at radius 1 is 1.05 bits per heavy atom. The number of benzene rings is 2. The summed E-state index contributed by atoms with van der Waals surface area (Å²) in [6.45, 7) is 1.83. The summed E-state index contributed by atoms with van der Waals surface area (Å²) in [6, 6.07) is 12.3. The van der Waals surface area contributed by atoms with Crippen molar-refractivity contribution in [3.05, 3.63) is 57.5 Å². The number of anilines is 1. The lowest BCUT2D eigenvalue weighted by atomic mass is 10.3. The lowest BCUT2D eigenvalue weighted by Crippen LogP contribution is -2.22. The molecule has 0 heterocycles. The van der Waals surface area contributed by atoms with Crippen molar-refractivity contribution in [1.29, 1.82) is 0 Å². The van der Waals surface area contributed by atoms with Gasteiger partial charge in [0, 0.05) is 14.9 Å². The van der Waals surface area contributed by atoms with Gasteiger partial charge in [0.1, 0.15) is 0 Å². The summed E-state index contributed by atoms with van der Waals surface area (Å²) in [5.74, 6) is -0.126. The maximum Gasteiger partial charge on any atom is 0.237 e. The highest BCUT2D eigenvalue weighted by Gasteiger charge is 2.15. The predicted molar refractivity (Wildman–Crippen MR) is 91.9 cm³/mol. The lowest BCUT2D eigenvalue weighted by molar-refractivity contribution is -0.115. The van der Waals surface area contributed by atoms with Crippen LogP contribution in [0, 0.1) is 0 Å². The minimum Gasteiger partial charge on any atom is -0.324 e. The predicted octanol–water partition coefficient (Wildman–Crippen LogP) is 5.77. The highest BCUT2D eigenvalue weighted by molar-refractivity contribution is 8.00. The molecule has 0 radical (unpaired) electrons. The van der Waals surface area contributed by atoms with Gasteiger partial charge < -0.3 is 5.32 Å². The Morgan fingerprint density at radius 2 is 1.67 bits per heavy atom. The Morgan fingerprint density at radius 3 is 2.29 bits per heavy atom. The second kappa shape index (κ2) is 7.41. The van der Waals surface area contributed by atoms with Crippen LogP contribution in [-0.4, -0.2) is 11.2 Å². The molecule has 0 spiro atoms. The molecule has 0 unspecified atom stereocenters. The van der Waals surface area contributed by atoms with Gasteiger partial charge in [-0.05, 0) is 49.4 Å². The molecule has 0 saturated heterocycles. The van der Waals surface area contributed by atoms with Gasteiger partial charge in [0.15, 0.2) is 0 Å². The Hall–Kier alpha value is -0.870. The largest absolute Gasteiger partial charge is 0.324 e. The second-order valence-corrected chi connectivity index (χ2v) is 7.02. The number of rotatable bonds is 4. The maximum atomic E-state index is 12.2. The molecule has 110 valence electrons. The van der Waals surface area contributed by atoms with Gasteiger partial charge in [-0.3, -0.25) is 4.79 Å². The summed E-state index contributed by atoms with van der Waals surface area (Å²) in [7, 11) is 0. The van der Waals surface area contributed by atoms with Crippen LogP contribution in [0.2, 0.25) is 15.1 Å².